The van der Waals surface area contributed by atoms with Crippen LogP contribution in [-0.2, 0) is 47.4 Å². The van der Waals surface area contributed by atoms with Gasteiger partial charge in [0.1, 0.15) is 52.4 Å². The van der Waals surface area contributed by atoms with Gasteiger partial charge in [0.15, 0.2) is 12.6 Å². The minimum Gasteiger partial charge on any atom is -0.444 e. The number of nitrogens with one attached hydrogen (secondary N) is 7. The average molecular weight is 1130 g/mol. The molecular formula is C50H91N7O21. The first-order chi connectivity index (χ1) is 35.8. The van der Waals surface area contributed by atoms with Crippen LogP contribution in [0.3, 0.4) is 0 Å². The number of hydrogen-bond donors (Lipinski definition) is 13. The van der Waals surface area contributed by atoms with Crippen LogP contribution in [0.5, 0.6) is 0 Å². The molecule has 14 atom stereocenters. The van der Waals surface area contributed by atoms with Crippen LogP contribution in [0.4, 0.5) is 24.0 Å². The van der Waals surface area contributed by atoms with Crippen LogP contribution in [0.1, 0.15) is 130 Å². The number of hydrogen-bond acceptors (Lipinski definition) is 22. The normalized spacial score (nSPS) is 28.5. The minimum absolute atomic E-state index is 0.111. The summed E-state index contributed by atoms with van der Waals surface area (Å²) in [7, 11) is 0. The van der Waals surface area contributed by atoms with Crippen molar-refractivity contribution in [3.05, 3.63) is 0 Å². The van der Waals surface area contributed by atoms with E-state index in [1.165, 1.54) is 0 Å². The molecule has 2 heterocycles. The molecule has 0 bridgehead atoms. The lowest BCUT2D eigenvalue weighted by atomic mass is 9.80. The Balaban J connectivity index is 2.28. The summed E-state index contributed by atoms with van der Waals surface area (Å²) in [5, 5.41) is 85.1. The highest BCUT2D eigenvalue weighted by Gasteiger charge is 2.54. The van der Waals surface area contributed by atoms with Crippen LogP contribution in [0.25, 0.3) is 0 Å². The average Bonchev–Trinajstić information content (AvgIpc) is 3.26. The highest BCUT2D eigenvalue weighted by atomic mass is 16.7. The number of aliphatic hydroxyl groups is 6. The Hall–Kier alpha value is -4.62. The van der Waals surface area contributed by atoms with Crippen LogP contribution in [-0.4, -0.2) is 219 Å². The fraction of sp³-hybridized carbons (Fsp3) is 0.880. The first-order valence-corrected chi connectivity index (χ1v) is 26.3. The molecule has 1 saturated carbocycles. The standard InChI is InChI=1S/C50H91N7O21/c1-46(2,3)74-41(65)51-19-18-30(61)38(64)54-28-20-29(56-44(68)77-49(10,11)12)37(72-39-27(55-43(67)76-48(7,8)9)17-16-26(70-39)21-52-42(66)75-47(4,5)6)33(53-25(22-58)23-59)36(28)73-40-35(63)32(34(62)31(24-60)71-40)57-45(69)78-50(13,14)15/h25-37,39-40,53,58-63H,16-24H2,1-15H3,(H,51,65)(H,52,66)(H,54,64)(H,55,67)(H,56,68)(H,57,69)/t26?,27?,28-,29-,30+,31?,32+,33?,34-,35?,36+,37?,39-,40-/m1/s1. The van der Waals surface area contributed by atoms with Crippen LogP contribution in [0.15, 0.2) is 0 Å². The molecule has 6 unspecified atom stereocenters. The number of ether oxygens (including phenoxy) is 9. The monoisotopic (exact) mass is 1130 g/mol. The Morgan fingerprint density at radius 1 is 0.538 bits per heavy atom. The van der Waals surface area contributed by atoms with Gasteiger partial charge in [0.2, 0.25) is 5.91 Å². The third-order valence-electron chi connectivity index (χ3n) is 11.5. The predicted octanol–water partition coefficient (Wildman–Crippen LogP) is 0.381. The van der Waals surface area contributed by atoms with E-state index in [9.17, 15) is 59.4 Å². The summed E-state index contributed by atoms with van der Waals surface area (Å²) in [5.74, 6) is -1.04. The number of aliphatic hydroxyl groups excluding tert-OH is 6. The summed E-state index contributed by atoms with van der Waals surface area (Å²) in [4.78, 5) is 79.9. The molecule has 0 spiro atoms. The van der Waals surface area contributed by atoms with Gasteiger partial charge >= 0.3 is 30.5 Å². The Bertz CT molecular complexity index is 1950. The minimum atomic E-state index is -1.98. The van der Waals surface area contributed by atoms with Crippen molar-refractivity contribution in [2.24, 2.45) is 0 Å². The molecule has 78 heavy (non-hydrogen) atoms. The Kier molecular flexibility index (Phi) is 24.9. The maximum Gasteiger partial charge on any atom is 0.408 e. The Labute approximate surface area is 456 Å². The maximum absolute atomic E-state index is 14.1. The van der Waals surface area contributed by atoms with Crippen molar-refractivity contribution in [3.8, 4) is 0 Å². The van der Waals surface area contributed by atoms with Crippen molar-refractivity contribution < 1.29 is 102 Å². The van der Waals surface area contributed by atoms with Crippen molar-refractivity contribution in [2.45, 2.75) is 249 Å². The molecule has 13 N–H and O–H groups in total. The molecule has 6 amide bonds. The number of rotatable bonds is 19. The van der Waals surface area contributed by atoms with Gasteiger partial charge < -0.3 is 110 Å². The van der Waals surface area contributed by atoms with Crippen molar-refractivity contribution >= 4 is 36.4 Å². The molecule has 0 radical (unpaired) electrons. The van der Waals surface area contributed by atoms with Gasteiger partial charge in [-0.3, -0.25) is 4.79 Å². The second-order valence-corrected chi connectivity index (χ2v) is 24.5. The molecule has 1 aliphatic carbocycles. The number of alkyl carbamates (subject to hydrolysis) is 5. The van der Waals surface area contributed by atoms with E-state index in [1.54, 1.807) is 104 Å². The zero-order valence-corrected chi connectivity index (χ0v) is 47.8. The lowest BCUT2D eigenvalue weighted by molar-refractivity contribution is -0.306. The number of amides is 6. The summed E-state index contributed by atoms with van der Waals surface area (Å²) < 4.78 is 53.3. The first-order valence-electron chi connectivity index (χ1n) is 26.3. The fourth-order valence-electron chi connectivity index (χ4n) is 8.35. The van der Waals surface area contributed by atoms with E-state index in [2.05, 4.69) is 37.2 Å². The fourth-order valence-corrected chi connectivity index (χ4v) is 8.35. The van der Waals surface area contributed by atoms with Gasteiger partial charge in [-0.2, -0.15) is 0 Å². The highest BCUT2D eigenvalue weighted by molar-refractivity contribution is 5.81. The zero-order valence-electron chi connectivity index (χ0n) is 47.8. The molecule has 3 rings (SSSR count). The second-order valence-electron chi connectivity index (χ2n) is 24.5. The molecule has 28 nitrogen and oxygen atoms in total. The topological polar surface area (TPSA) is 391 Å². The van der Waals surface area contributed by atoms with E-state index in [1.807, 2.05) is 0 Å². The molecule has 0 aromatic heterocycles. The van der Waals surface area contributed by atoms with Crippen molar-refractivity contribution in [2.75, 3.05) is 32.9 Å². The third-order valence-corrected chi connectivity index (χ3v) is 11.5. The third kappa shape index (κ3) is 23.6. The largest absolute Gasteiger partial charge is 0.444 e. The van der Waals surface area contributed by atoms with E-state index in [-0.39, 0.29) is 38.8 Å². The van der Waals surface area contributed by atoms with Crippen molar-refractivity contribution in [3.63, 3.8) is 0 Å². The van der Waals surface area contributed by atoms with Crippen LogP contribution in [0.2, 0.25) is 0 Å². The zero-order chi connectivity index (χ0) is 59.3. The quantitative estimate of drug-likeness (QED) is 0.0778. The van der Waals surface area contributed by atoms with E-state index in [4.69, 9.17) is 42.6 Å². The van der Waals surface area contributed by atoms with E-state index < -0.39 is 176 Å². The SMILES string of the molecule is CC(C)(C)OC(=O)NCC[C@H](O)C(=O)N[C@@H]1C[C@@H](NC(=O)OC(C)(C)C)C(O[C@H]2OC(CNC(=O)OC(C)(C)C)CCC2NC(=O)OC(C)(C)C)C(NC(CO)CO)[C@H]1O[C@H]1OC(CO)[C@@H](O)[C@H](NC(=O)OC(C)(C)C)C1O. The van der Waals surface area contributed by atoms with Gasteiger partial charge in [0, 0.05) is 13.1 Å². The summed E-state index contributed by atoms with van der Waals surface area (Å²) in [5.41, 5.74) is -4.76. The van der Waals surface area contributed by atoms with E-state index in [0.29, 0.717) is 0 Å². The van der Waals surface area contributed by atoms with E-state index >= 15 is 0 Å². The lowest BCUT2D eigenvalue weighted by Crippen LogP contribution is -2.73. The number of carbonyl (C=O) groups excluding carboxylic acids is 6. The number of carbonyl (C=O) groups is 6. The smallest absolute Gasteiger partial charge is 0.408 e. The van der Waals surface area contributed by atoms with Crippen LogP contribution < -0.4 is 37.2 Å². The van der Waals surface area contributed by atoms with Gasteiger partial charge in [-0.1, -0.05) is 0 Å². The van der Waals surface area contributed by atoms with Crippen molar-refractivity contribution in [1.29, 1.82) is 0 Å². The Morgan fingerprint density at radius 3 is 1.47 bits per heavy atom. The summed E-state index contributed by atoms with van der Waals surface area (Å²) in [6.45, 7) is 21.8. The van der Waals surface area contributed by atoms with Gasteiger partial charge in [0.05, 0.1) is 74.4 Å². The van der Waals surface area contributed by atoms with Crippen LogP contribution >= 0.6 is 0 Å². The van der Waals surface area contributed by atoms with Gasteiger partial charge in [0.25, 0.3) is 0 Å². The molecule has 28 heteroatoms. The Morgan fingerprint density at radius 2 is 0.987 bits per heavy atom. The second kappa shape index (κ2) is 28.7. The molecule has 2 saturated heterocycles. The van der Waals surface area contributed by atoms with Gasteiger partial charge in [-0.05, 0) is 130 Å². The molecule has 0 aromatic carbocycles. The first kappa shape index (κ1) is 67.7. The molecule has 3 fully saturated rings. The summed E-state index contributed by atoms with van der Waals surface area (Å²) in [6, 6.07) is -8.16. The summed E-state index contributed by atoms with van der Waals surface area (Å²) in [6.07, 6.45) is -19.3. The van der Waals surface area contributed by atoms with Crippen LogP contribution in [0, 0.1) is 0 Å². The maximum atomic E-state index is 14.1. The molecule has 0 aromatic rings. The molecular weight excluding hydrogens is 1030 g/mol. The van der Waals surface area contributed by atoms with Gasteiger partial charge in [-0.25, -0.2) is 24.0 Å². The van der Waals surface area contributed by atoms with E-state index in [0.717, 1.165) is 0 Å². The van der Waals surface area contributed by atoms with Crippen molar-refractivity contribution in [1.82, 2.24) is 37.2 Å². The highest BCUT2D eigenvalue weighted by Crippen LogP contribution is 2.34. The lowest BCUT2D eigenvalue weighted by Gasteiger charge is -2.51. The summed E-state index contributed by atoms with van der Waals surface area (Å²) >= 11 is 0. The molecule has 2 aliphatic heterocycles. The molecule has 3 aliphatic rings. The predicted molar refractivity (Wildman–Crippen MR) is 275 cm³/mol. The van der Waals surface area contributed by atoms with Gasteiger partial charge in [-0.15, -0.1) is 0 Å². The molecule has 452 valence electrons.